The molecule has 0 radical (unpaired) electrons. The summed E-state index contributed by atoms with van der Waals surface area (Å²) in [6, 6.07) is 31.1. The summed E-state index contributed by atoms with van der Waals surface area (Å²) in [4.78, 5) is 25.9. The molecule has 0 heterocycles. The standard InChI is InChI=1S/C36H38N2O5/c1-25-13-15-26(16-14-25)22-41-28-19-17-27(18-20-28)23-42-35(39)34(12-6-7-21-37)38-36(40)43-24-33-31-10-4-2-8-29(31)30-9-3-5-11-32(30)33/h2-5,8-11,13-20,33-34H,6-7,12,21-24,37H2,1H3,(H,38,40)/t34-/m0/s1. The SMILES string of the molecule is Cc1ccc(COc2ccc(COC(=O)[C@H](CCCCN)NC(=O)OCC3c4ccccc4-c4ccccc43)cc2)cc1. The lowest BCUT2D eigenvalue weighted by atomic mass is 9.98. The van der Waals surface area contributed by atoms with Gasteiger partial charge in [-0.3, -0.25) is 0 Å². The van der Waals surface area contributed by atoms with Crippen molar-refractivity contribution in [2.75, 3.05) is 13.2 Å². The highest BCUT2D eigenvalue weighted by Crippen LogP contribution is 2.44. The number of carbonyl (C=O) groups is 2. The maximum atomic E-state index is 13.0. The van der Waals surface area contributed by atoms with Crippen LogP contribution in [0.2, 0.25) is 0 Å². The molecule has 0 aromatic heterocycles. The molecule has 1 aliphatic carbocycles. The van der Waals surface area contributed by atoms with Gasteiger partial charge in [0.1, 0.15) is 31.6 Å². The normalized spacial score (nSPS) is 12.6. The fourth-order valence-corrected chi connectivity index (χ4v) is 5.31. The quantitative estimate of drug-likeness (QED) is 0.136. The summed E-state index contributed by atoms with van der Waals surface area (Å²) in [7, 11) is 0. The number of benzene rings is 4. The Bertz CT molecular complexity index is 1470. The van der Waals surface area contributed by atoms with Crippen LogP contribution < -0.4 is 15.8 Å². The second-order valence-corrected chi connectivity index (χ2v) is 10.8. The van der Waals surface area contributed by atoms with Crippen molar-refractivity contribution in [2.45, 2.75) is 51.4 Å². The van der Waals surface area contributed by atoms with E-state index >= 15 is 0 Å². The van der Waals surface area contributed by atoms with Crippen molar-refractivity contribution in [1.82, 2.24) is 5.32 Å². The Morgan fingerprint density at radius 1 is 0.767 bits per heavy atom. The van der Waals surface area contributed by atoms with Crippen LogP contribution in [0.5, 0.6) is 5.75 Å². The molecule has 7 nitrogen and oxygen atoms in total. The number of nitrogens with two attached hydrogens (primary N) is 1. The van der Waals surface area contributed by atoms with E-state index < -0.39 is 18.1 Å². The molecule has 4 aromatic rings. The maximum absolute atomic E-state index is 13.0. The number of hydrogen-bond donors (Lipinski definition) is 2. The van der Waals surface area contributed by atoms with E-state index in [1.165, 1.54) is 5.56 Å². The van der Waals surface area contributed by atoms with Gasteiger partial charge in [-0.25, -0.2) is 9.59 Å². The predicted molar refractivity (Wildman–Crippen MR) is 167 cm³/mol. The number of unbranched alkanes of at least 4 members (excludes halogenated alkanes) is 1. The molecular weight excluding hydrogens is 540 g/mol. The molecular formula is C36H38N2O5. The molecule has 3 N–H and O–H groups in total. The van der Waals surface area contributed by atoms with Crippen LogP contribution in [0, 0.1) is 6.92 Å². The van der Waals surface area contributed by atoms with Gasteiger partial charge >= 0.3 is 12.1 Å². The van der Waals surface area contributed by atoms with Crippen LogP contribution in [-0.4, -0.2) is 31.3 Å². The van der Waals surface area contributed by atoms with E-state index in [1.54, 1.807) is 0 Å². The number of amides is 1. The molecule has 43 heavy (non-hydrogen) atoms. The number of aryl methyl sites for hydroxylation is 1. The molecule has 0 aliphatic heterocycles. The Labute approximate surface area is 253 Å². The number of fused-ring (bicyclic) bond motifs is 3. The summed E-state index contributed by atoms with van der Waals surface area (Å²) in [5, 5.41) is 2.73. The highest BCUT2D eigenvalue weighted by molar-refractivity contribution is 5.82. The molecule has 7 heteroatoms. The lowest BCUT2D eigenvalue weighted by Gasteiger charge is -2.19. The monoisotopic (exact) mass is 578 g/mol. The number of ether oxygens (including phenoxy) is 3. The maximum Gasteiger partial charge on any atom is 0.407 e. The molecule has 0 unspecified atom stereocenters. The second kappa shape index (κ2) is 14.5. The van der Waals surface area contributed by atoms with Crippen LogP contribution in [0.1, 0.15) is 53.0 Å². The van der Waals surface area contributed by atoms with E-state index in [9.17, 15) is 9.59 Å². The first kappa shape index (κ1) is 29.9. The zero-order chi connectivity index (χ0) is 30.0. The van der Waals surface area contributed by atoms with E-state index in [4.69, 9.17) is 19.9 Å². The largest absolute Gasteiger partial charge is 0.489 e. The predicted octanol–water partition coefficient (Wildman–Crippen LogP) is 6.65. The van der Waals surface area contributed by atoms with Gasteiger partial charge < -0.3 is 25.3 Å². The van der Waals surface area contributed by atoms with Crippen molar-refractivity contribution in [3.63, 3.8) is 0 Å². The van der Waals surface area contributed by atoms with E-state index in [0.717, 1.165) is 45.6 Å². The van der Waals surface area contributed by atoms with Gasteiger partial charge in [-0.05, 0) is 78.2 Å². The Balaban J connectivity index is 1.13. The minimum Gasteiger partial charge on any atom is -0.489 e. The van der Waals surface area contributed by atoms with Gasteiger partial charge in [0, 0.05) is 5.92 Å². The minimum atomic E-state index is -0.834. The number of rotatable bonds is 13. The first-order valence-electron chi connectivity index (χ1n) is 14.8. The summed E-state index contributed by atoms with van der Waals surface area (Å²) >= 11 is 0. The Morgan fingerprint density at radius 2 is 1.37 bits per heavy atom. The van der Waals surface area contributed by atoms with E-state index in [-0.39, 0.29) is 19.1 Å². The third-order valence-corrected chi connectivity index (χ3v) is 7.70. The van der Waals surface area contributed by atoms with Crippen molar-refractivity contribution in [2.24, 2.45) is 5.73 Å². The van der Waals surface area contributed by atoms with Crippen LogP contribution in [0.25, 0.3) is 11.1 Å². The molecule has 0 saturated heterocycles. The van der Waals surface area contributed by atoms with E-state index in [1.807, 2.05) is 60.7 Å². The third-order valence-electron chi connectivity index (χ3n) is 7.70. The molecule has 0 bridgehead atoms. The zero-order valence-corrected chi connectivity index (χ0v) is 24.5. The first-order valence-corrected chi connectivity index (χ1v) is 14.8. The number of carbonyl (C=O) groups excluding carboxylic acids is 2. The van der Waals surface area contributed by atoms with Crippen molar-refractivity contribution in [3.05, 3.63) is 125 Å². The number of nitrogens with one attached hydrogen (secondary N) is 1. The summed E-state index contributed by atoms with van der Waals surface area (Å²) in [5.41, 5.74) is 13.3. The molecule has 0 fully saturated rings. The summed E-state index contributed by atoms with van der Waals surface area (Å²) in [6.45, 7) is 3.28. The molecule has 0 saturated carbocycles. The van der Waals surface area contributed by atoms with Gasteiger partial charge in [0.2, 0.25) is 0 Å². The highest BCUT2D eigenvalue weighted by atomic mass is 16.6. The van der Waals surface area contributed by atoms with Gasteiger partial charge in [0.25, 0.3) is 0 Å². The zero-order valence-electron chi connectivity index (χ0n) is 24.5. The molecule has 1 atom stereocenters. The molecule has 4 aromatic carbocycles. The van der Waals surface area contributed by atoms with Gasteiger partial charge in [-0.1, -0.05) is 90.5 Å². The van der Waals surface area contributed by atoms with E-state index in [0.29, 0.717) is 26.0 Å². The van der Waals surface area contributed by atoms with E-state index in [2.05, 4.69) is 48.6 Å². The van der Waals surface area contributed by atoms with Gasteiger partial charge in [0.05, 0.1) is 0 Å². The number of hydrogen-bond acceptors (Lipinski definition) is 6. The Hall–Kier alpha value is -4.62. The smallest absolute Gasteiger partial charge is 0.407 e. The van der Waals surface area contributed by atoms with Gasteiger partial charge in [-0.15, -0.1) is 0 Å². The van der Waals surface area contributed by atoms with Gasteiger partial charge in [-0.2, -0.15) is 0 Å². The fraction of sp³-hybridized carbons (Fsp3) is 0.278. The van der Waals surface area contributed by atoms with Crippen molar-refractivity contribution in [3.8, 4) is 16.9 Å². The lowest BCUT2D eigenvalue weighted by Crippen LogP contribution is -2.42. The number of esters is 1. The topological polar surface area (TPSA) is 99.9 Å². The van der Waals surface area contributed by atoms with Crippen LogP contribution in [0.15, 0.2) is 97.1 Å². The van der Waals surface area contributed by atoms with Crippen molar-refractivity contribution < 1.29 is 23.8 Å². The summed E-state index contributed by atoms with van der Waals surface area (Å²) in [6.07, 6.45) is 1.17. The second-order valence-electron chi connectivity index (χ2n) is 10.8. The van der Waals surface area contributed by atoms with Crippen LogP contribution in [0.3, 0.4) is 0 Å². The summed E-state index contributed by atoms with van der Waals surface area (Å²) < 4.78 is 17.1. The van der Waals surface area contributed by atoms with Crippen molar-refractivity contribution >= 4 is 12.1 Å². The molecule has 0 spiro atoms. The molecule has 222 valence electrons. The molecule has 5 rings (SSSR count). The molecule has 1 aliphatic rings. The first-order chi connectivity index (χ1) is 21.0. The van der Waals surface area contributed by atoms with Gasteiger partial charge in [0.15, 0.2) is 0 Å². The Kier molecular flexibility index (Phi) is 10.1. The number of alkyl carbamates (subject to hydrolysis) is 1. The average molecular weight is 579 g/mol. The van der Waals surface area contributed by atoms with Crippen LogP contribution in [-0.2, 0) is 27.5 Å². The lowest BCUT2D eigenvalue weighted by molar-refractivity contribution is -0.147. The average Bonchev–Trinajstić information content (AvgIpc) is 3.36. The Morgan fingerprint density at radius 3 is 2.02 bits per heavy atom. The third kappa shape index (κ3) is 7.81. The van der Waals surface area contributed by atoms with Crippen LogP contribution in [0.4, 0.5) is 4.79 Å². The van der Waals surface area contributed by atoms with Crippen molar-refractivity contribution in [1.29, 1.82) is 0 Å². The minimum absolute atomic E-state index is 0.0652. The summed E-state index contributed by atoms with van der Waals surface area (Å²) in [5.74, 6) is 0.155. The fourth-order valence-electron chi connectivity index (χ4n) is 5.31. The van der Waals surface area contributed by atoms with Crippen LogP contribution >= 0.6 is 0 Å². The highest BCUT2D eigenvalue weighted by Gasteiger charge is 2.30. The molecule has 1 amide bonds.